The standard InChI is InChI=1S/C9H18N4S2/c1-7-5-6-12(4)13(7)9(15)10-8(14)11(2)3/h7H,5-6H2,1-4H3,(H,10,14,15). The SMILES string of the molecule is CC1CCN(C)N1C(=S)NC(=S)N(C)C. The molecule has 6 heteroatoms. The second kappa shape index (κ2) is 5.05. The molecule has 0 bridgehead atoms. The van der Waals surface area contributed by atoms with E-state index in [1.807, 2.05) is 26.0 Å². The predicted molar refractivity (Wildman–Crippen MR) is 70.6 cm³/mol. The Kier molecular flexibility index (Phi) is 4.24. The van der Waals surface area contributed by atoms with Crippen LogP contribution >= 0.6 is 24.4 Å². The van der Waals surface area contributed by atoms with Crippen molar-refractivity contribution in [1.82, 2.24) is 20.2 Å². The molecule has 0 spiro atoms. The number of hydrazine groups is 1. The Balaban J connectivity index is 2.57. The van der Waals surface area contributed by atoms with Gasteiger partial charge in [-0.2, -0.15) is 0 Å². The van der Waals surface area contributed by atoms with Crippen molar-refractivity contribution in [3.63, 3.8) is 0 Å². The second-order valence-electron chi connectivity index (χ2n) is 3.99. The van der Waals surface area contributed by atoms with Crippen molar-refractivity contribution >= 4 is 34.7 Å². The second-order valence-corrected chi connectivity index (χ2v) is 4.77. The monoisotopic (exact) mass is 246 g/mol. The molecule has 0 saturated carbocycles. The maximum Gasteiger partial charge on any atom is 0.190 e. The largest absolute Gasteiger partial charge is 0.355 e. The van der Waals surface area contributed by atoms with E-state index in [1.54, 1.807) is 0 Å². The minimum Gasteiger partial charge on any atom is -0.355 e. The van der Waals surface area contributed by atoms with E-state index in [0.717, 1.165) is 13.0 Å². The van der Waals surface area contributed by atoms with Crippen LogP contribution in [0.15, 0.2) is 0 Å². The highest BCUT2D eigenvalue weighted by Crippen LogP contribution is 2.15. The summed E-state index contributed by atoms with van der Waals surface area (Å²) in [5, 5.41) is 8.58. The van der Waals surface area contributed by atoms with E-state index < -0.39 is 0 Å². The van der Waals surface area contributed by atoms with E-state index >= 15 is 0 Å². The van der Waals surface area contributed by atoms with Crippen LogP contribution in [0.25, 0.3) is 0 Å². The highest BCUT2D eigenvalue weighted by atomic mass is 32.1. The molecule has 0 amide bonds. The predicted octanol–water partition coefficient (Wildman–Crippen LogP) is 0.648. The van der Waals surface area contributed by atoms with Gasteiger partial charge in [0, 0.05) is 33.7 Å². The van der Waals surface area contributed by atoms with Gasteiger partial charge in [0.15, 0.2) is 10.2 Å². The van der Waals surface area contributed by atoms with Gasteiger partial charge >= 0.3 is 0 Å². The summed E-state index contributed by atoms with van der Waals surface area (Å²) in [7, 11) is 5.83. The first-order valence-electron chi connectivity index (χ1n) is 4.96. The minimum atomic E-state index is 0.444. The topological polar surface area (TPSA) is 21.8 Å². The highest BCUT2D eigenvalue weighted by Gasteiger charge is 2.28. The van der Waals surface area contributed by atoms with Crippen LogP contribution in [0.3, 0.4) is 0 Å². The molecule has 1 aliphatic rings. The molecule has 1 fully saturated rings. The molecule has 1 heterocycles. The van der Waals surface area contributed by atoms with Crippen LogP contribution in [-0.2, 0) is 0 Å². The molecule has 0 aromatic carbocycles. The van der Waals surface area contributed by atoms with Gasteiger partial charge in [-0.25, -0.2) is 5.01 Å². The fraction of sp³-hybridized carbons (Fsp3) is 0.778. The Bertz CT molecular complexity index is 257. The molecule has 0 aromatic heterocycles. The van der Waals surface area contributed by atoms with Crippen LogP contribution in [-0.4, -0.2) is 58.9 Å². The zero-order chi connectivity index (χ0) is 11.6. The number of nitrogens with zero attached hydrogens (tertiary/aromatic N) is 3. The average molecular weight is 246 g/mol. The van der Waals surface area contributed by atoms with Crippen LogP contribution in [0.5, 0.6) is 0 Å². The summed E-state index contributed by atoms with van der Waals surface area (Å²) in [6, 6.07) is 0.444. The number of hydrogen-bond acceptors (Lipinski definition) is 3. The molecule has 4 nitrogen and oxygen atoms in total. The van der Waals surface area contributed by atoms with Crippen molar-refractivity contribution in [2.75, 3.05) is 27.7 Å². The third kappa shape index (κ3) is 2.99. The van der Waals surface area contributed by atoms with Gasteiger partial charge in [-0.15, -0.1) is 0 Å². The number of hydrogen-bond donors (Lipinski definition) is 1. The van der Waals surface area contributed by atoms with Gasteiger partial charge in [0.1, 0.15) is 0 Å². The first kappa shape index (κ1) is 12.6. The van der Waals surface area contributed by atoms with Gasteiger partial charge in [-0.3, -0.25) is 5.01 Å². The Morgan fingerprint density at radius 1 is 1.40 bits per heavy atom. The Morgan fingerprint density at radius 2 is 2.00 bits per heavy atom. The average Bonchev–Trinajstić information content (AvgIpc) is 2.45. The lowest BCUT2D eigenvalue weighted by atomic mass is 10.3. The third-order valence-corrected chi connectivity index (χ3v) is 3.24. The van der Waals surface area contributed by atoms with Gasteiger partial charge in [0.2, 0.25) is 0 Å². The van der Waals surface area contributed by atoms with Crippen LogP contribution in [0, 0.1) is 0 Å². The van der Waals surface area contributed by atoms with Crippen molar-refractivity contribution in [2.45, 2.75) is 19.4 Å². The normalized spacial score (nSPS) is 21.6. The fourth-order valence-corrected chi connectivity index (χ4v) is 2.13. The molecule has 0 radical (unpaired) electrons. The van der Waals surface area contributed by atoms with Crippen molar-refractivity contribution in [3.8, 4) is 0 Å². The summed E-state index contributed by atoms with van der Waals surface area (Å²) in [5.41, 5.74) is 0. The van der Waals surface area contributed by atoms with Gasteiger partial charge in [0.25, 0.3) is 0 Å². The summed E-state index contributed by atoms with van der Waals surface area (Å²) in [5.74, 6) is 0. The molecule has 1 N–H and O–H groups in total. The number of rotatable bonds is 0. The summed E-state index contributed by atoms with van der Waals surface area (Å²) < 4.78 is 0. The van der Waals surface area contributed by atoms with Crippen molar-refractivity contribution in [3.05, 3.63) is 0 Å². The molecule has 1 atom stereocenters. The number of nitrogens with one attached hydrogen (secondary N) is 1. The molecule has 1 saturated heterocycles. The zero-order valence-electron chi connectivity index (χ0n) is 9.65. The van der Waals surface area contributed by atoms with E-state index in [9.17, 15) is 0 Å². The molecule has 0 aromatic rings. The van der Waals surface area contributed by atoms with E-state index in [0.29, 0.717) is 16.3 Å². The van der Waals surface area contributed by atoms with Crippen LogP contribution < -0.4 is 5.32 Å². The highest BCUT2D eigenvalue weighted by molar-refractivity contribution is 7.81. The van der Waals surface area contributed by atoms with Crippen molar-refractivity contribution in [2.24, 2.45) is 0 Å². The minimum absolute atomic E-state index is 0.444. The summed E-state index contributed by atoms with van der Waals surface area (Å²) in [6.07, 6.45) is 1.13. The van der Waals surface area contributed by atoms with Crippen molar-refractivity contribution < 1.29 is 0 Å². The first-order chi connectivity index (χ1) is 6.93. The maximum absolute atomic E-state index is 5.32. The summed E-state index contributed by atoms with van der Waals surface area (Å²) >= 11 is 10.5. The zero-order valence-corrected chi connectivity index (χ0v) is 11.3. The maximum atomic E-state index is 5.32. The molecule has 0 aliphatic carbocycles. The van der Waals surface area contributed by atoms with Crippen LogP contribution in [0.1, 0.15) is 13.3 Å². The lowest BCUT2D eigenvalue weighted by Gasteiger charge is -2.31. The van der Waals surface area contributed by atoms with Gasteiger partial charge in [-0.05, 0) is 37.8 Å². The lowest BCUT2D eigenvalue weighted by Crippen LogP contribution is -2.51. The smallest absolute Gasteiger partial charge is 0.190 e. The van der Waals surface area contributed by atoms with Crippen LogP contribution in [0.2, 0.25) is 0 Å². The molecule has 1 unspecified atom stereocenters. The number of thiocarbonyl (C=S) groups is 2. The lowest BCUT2D eigenvalue weighted by molar-refractivity contribution is 0.115. The van der Waals surface area contributed by atoms with Gasteiger partial charge < -0.3 is 10.2 Å². The molecular weight excluding hydrogens is 228 g/mol. The fourth-order valence-electron chi connectivity index (χ4n) is 1.56. The van der Waals surface area contributed by atoms with Gasteiger partial charge in [0.05, 0.1) is 0 Å². The van der Waals surface area contributed by atoms with Crippen LogP contribution in [0.4, 0.5) is 0 Å². The first-order valence-corrected chi connectivity index (χ1v) is 5.77. The molecule has 1 rings (SSSR count). The molecule has 86 valence electrons. The van der Waals surface area contributed by atoms with E-state index in [1.165, 1.54) is 0 Å². The Hall–Kier alpha value is -0.460. The molecule has 1 aliphatic heterocycles. The van der Waals surface area contributed by atoms with E-state index in [-0.39, 0.29) is 0 Å². The Labute approximate surface area is 102 Å². The quantitative estimate of drug-likeness (QED) is 0.629. The van der Waals surface area contributed by atoms with Crippen molar-refractivity contribution in [1.29, 1.82) is 0 Å². The molecular formula is C9H18N4S2. The summed E-state index contributed by atoms with van der Waals surface area (Å²) in [4.78, 5) is 1.84. The third-order valence-electron chi connectivity index (χ3n) is 2.48. The van der Waals surface area contributed by atoms with E-state index in [2.05, 4.69) is 22.3 Å². The Morgan fingerprint density at radius 3 is 2.40 bits per heavy atom. The molecule has 15 heavy (non-hydrogen) atoms. The van der Waals surface area contributed by atoms with Gasteiger partial charge in [-0.1, -0.05) is 0 Å². The van der Waals surface area contributed by atoms with E-state index in [4.69, 9.17) is 24.4 Å². The summed E-state index contributed by atoms with van der Waals surface area (Å²) in [6.45, 7) is 3.20.